The Labute approximate surface area is 145 Å². The molecule has 0 saturated carbocycles. The van der Waals surface area contributed by atoms with Crippen LogP contribution in [-0.4, -0.2) is 35.0 Å². The number of benzene rings is 2. The summed E-state index contributed by atoms with van der Waals surface area (Å²) in [6.45, 7) is 2.26. The molecule has 25 heavy (non-hydrogen) atoms. The van der Waals surface area contributed by atoms with Gasteiger partial charge >= 0.3 is 5.97 Å². The van der Waals surface area contributed by atoms with E-state index in [4.69, 9.17) is 0 Å². The van der Waals surface area contributed by atoms with E-state index in [1.807, 2.05) is 30.3 Å². The molecule has 0 radical (unpaired) electrons. The topological polar surface area (TPSA) is 57.6 Å². The van der Waals surface area contributed by atoms with Crippen molar-refractivity contribution in [2.45, 2.75) is 18.8 Å². The van der Waals surface area contributed by atoms with Crippen molar-refractivity contribution < 1.29 is 19.1 Å². The number of hydrogen-bond donors (Lipinski definition) is 1. The minimum absolute atomic E-state index is 0.171. The molecule has 1 heterocycles. The fourth-order valence-corrected chi connectivity index (χ4v) is 3.46. The number of hydrogen-bond acceptors (Lipinski definition) is 2. The lowest BCUT2D eigenvalue weighted by molar-refractivity contribution is -0.141. The fourth-order valence-electron chi connectivity index (χ4n) is 3.46. The van der Waals surface area contributed by atoms with Gasteiger partial charge in [0.15, 0.2) is 0 Å². The summed E-state index contributed by atoms with van der Waals surface area (Å²) in [5, 5.41) is 9.55. The lowest BCUT2D eigenvalue weighted by atomic mass is 9.89. The van der Waals surface area contributed by atoms with Gasteiger partial charge in [-0.2, -0.15) is 0 Å². The second kappa shape index (κ2) is 7.05. The van der Waals surface area contributed by atoms with Crippen molar-refractivity contribution in [1.29, 1.82) is 0 Å². The molecule has 0 aromatic heterocycles. The lowest BCUT2D eigenvalue weighted by Gasteiger charge is -2.21. The van der Waals surface area contributed by atoms with Crippen LogP contribution in [-0.2, 0) is 9.59 Å². The van der Waals surface area contributed by atoms with Gasteiger partial charge in [0, 0.05) is 19.0 Å². The molecule has 2 aromatic carbocycles. The van der Waals surface area contributed by atoms with E-state index in [0.29, 0.717) is 12.1 Å². The zero-order chi connectivity index (χ0) is 18.0. The quantitative estimate of drug-likeness (QED) is 0.929. The molecule has 1 saturated heterocycles. The molecular formula is C20H20FNO3. The minimum atomic E-state index is -0.900. The number of likely N-dealkylation sites (tertiary alicyclic amines) is 1. The number of carbonyl (C=O) groups excluding carboxylic acids is 1. The summed E-state index contributed by atoms with van der Waals surface area (Å²) in [6.07, 6.45) is 0. The van der Waals surface area contributed by atoms with E-state index in [2.05, 4.69) is 0 Å². The molecule has 4 nitrogen and oxygen atoms in total. The van der Waals surface area contributed by atoms with Gasteiger partial charge < -0.3 is 10.0 Å². The van der Waals surface area contributed by atoms with Crippen molar-refractivity contribution in [3.8, 4) is 0 Å². The summed E-state index contributed by atoms with van der Waals surface area (Å²) in [5.74, 6) is -2.84. The number of carboxylic acids is 1. The van der Waals surface area contributed by atoms with Crippen LogP contribution >= 0.6 is 0 Å². The lowest BCUT2D eigenvalue weighted by Crippen LogP contribution is -2.33. The molecule has 1 aliphatic heterocycles. The standard InChI is InChI=1S/C20H20FNO3/c1-13(15-8-5-9-16(21)10-15)19(23)22-11-17(18(12-22)20(24)25)14-6-3-2-4-7-14/h2-10,13,17-18H,11-12H2,1H3,(H,24,25). The normalized spacial score (nSPS) is 21.1. The maximum atomic E-state index is 13.4. The van der Waals surface area contributed by atoms with Crippen molar-refractivity contribution in [1.82, 2.24) is 4.90 Å². The molecule has 1 aliphatic rings. The van der Waals surface area contributed by atoms with Gasteiger partial charge in [0.05, 0.1) is 11.8 Å². The Morgan fingerprint density at radius 3 is 2.48 bits per heavy atom. The number of carboxylic acid groups (broad SMARTS) is 1. The maximum Gasteiger partial charge on any atom is 0.308 e. The van der Waals surface area contributed by atoms with Gasteiger partial charge in [-0.05, 0) is 30.2 Å². The molecule has 1 amide bonds. The Morgan fingerprint density at radius 2 is 1.84 bits per heavy atom. The van der Waals surface area contributed by atoms with E-state index < -0.39 is 17.8 Å². The van der Waals surface area contributed by atoms with Crippen LogP contribution in [0.4, 0.5) is 4.39 Å². The van der Waals surface area contributed by atoms with Crippen LogP contribution in [0.2, 0.25) is 0 Å². The van der Waals surface area contributed by atoms with Crippen LogP contribution < -0.4 is 0 Å². The summed E-state index contributed by atoms with van der Waals surface area (Å²) >= 11 is 0. The third kappa shape index (κ3) is 3.55. The molecule has 3 atom stereocenters. The first kappa shape index (κ1) is 17.1. The Morgan fingerprint density at radius 1 is 1.12 bits per heavy atom. The molecule has 3 unspecified atom stereocenters. The number of halogens is 1. The predicted molar refractivity (Wildman–Crippen MR) is 91.7 cm³/mol. The maximum absolute atomic E-state index is 13.4. The number of aliphatic carboxylic acids is 1. The van der Waals surface area contributed by atoms with Gasteiger partial charge in [-0.3, -0.25) is 9.59 Å². The van der Waals surface area contributed by atoms with Crippen molar-refractivity contribution in [2.24, 2.45) is 5.92 Å². The van der Waals surface area contributed by atoms with Crippen molar-refractivity contribution in [3.63, 3.8) is 0 Å². The molecular weight excluding hydrogens is 321 g/mol. The molecule has 0 spiro atoms. The molecule has 3 rings (SSSR count). The molecule has 1 fully saturated rings. The molecule has 2 aromatic rings. The van der Waals surface area contributed by atoms with Gasteiger partial charge in [0.25, 0.3) is 0 Å². The summed E-state index contributed by atoms with van der Waals surface area (Å²) < 4.78 is 13.4. The molecule has 0 bridgehead atoms. The first-order valence-corrected chi connectivity index (χ1v) is 8.29. The Kier molecular flexibility index (Phi) is 4.83. The zero-order valence-electron chi connectivity index (χ0n) is 13.9. The van der Waals surface area contributed by atoms with Gasteiger partial charge in [-0.25, -0.2) is 4.39 Å². The molecule has 0 aliphatic carbocycles. The third-order valence-corrected chi connectivity index (χ3v) is 4.90. The number of rotatable bonds is 4. The predicted octanol–water partition coefficient (Wildman–Crippen LogP) is 3.26. The number of amides is 1. The van der Waals surface area contributed by atoms with Gasteiger partial charge in [0.2, 0.25) is 5.91 Å². The average Bonchev–Trinajstić information content (AvgIpc) is 3.07. The second-order valence-corrected chi connectivity index (χ2v) is 6.48. The van der Waals surface area contributed by atoms with Crippen molar-refractivity contribution in [3.05, 3.63) is 71.5 Å². The van der Waals surface area contributed by atoms with E-state index in [0.717, 1.165) is 5.56 Å². The van der Waals surface area contributed by atoms with E-state index in [1.54, 1.807) is 24.0 Å². The minimum Gasteiger partial charge on any atom is -0.481 e. The van der Waals surface area contributed by atoms with E-state index >= 15 is 0 Å². The van der Waals surface area contributed by atoms with Crippen LogP contribution in [0.3, 0.4) is 0 Å². The van der Waals surface area contributed by atoms with E-state index in [9.17, 15) is 19.1 Å². The fraction of sp³-hybridized carbons (Fsp3) is 0.300. The highest BCUT2D eigenvalue weighted by Gasteiger charge is 2.41. The van der Waals surface area contributed by atoms with Crippen molar-refractivity contribution >= 4 is 11.9 Å². The monoisotopic (exact) mass is 341 g/mol. The third-order valence-electron chi connectivity index (χ3n) is 4.90. The van der Waals surface area contributed by atoms with Crippen LogP contribution in [0.5, 0.6) is 0 Å². The molecule has 5 heteroatoms. The van der Waals surface area contributed by atoms with Crippen LogP contribution in [0.1, 0.15) is 29.9 Å². The Hall–Kier alpha value is -2.69. The van der Waals surface area contributed by atoms with E-state index in [1.165, 1.54) is 12.1 Å². The van der Waals surface area contributed by atoms with Gasteiger partial charge in [-0.1, -0.05) is 42.5 Å². The SMILES string of the molecule is CC(C(=O)N1CC(C(=O)O)C(c2ccccc2)C1)c1cccc(F)c1. The highest BCUT2D eigenvalue weighted by Crippen LogP contribution is 2.34. The first-order valence-electron chi connectivity index (χ1n) is 8.29. The largest absolute Gasteiger partial charge is 0.481 e. The first-order chi connectivity index (χ1) is 12.0. The highest BCUT2D eigenvalue weighted by molar-refractivity contribution is 5.85. The van der Waals surface area contributed by atoms with Gasteiger partial charge in [-0.15, -0.1) is 0 Å². The summed E-state index contributed by atoms with van der Waals surface area (Å²) in [4.78, 5) is 26.1. The molecule has 130 valence electrons. The van der Waals surface area contributed by atoms with Gasteiger partial charge in [0.1, 0.15) is 5.82 Å². The summed E-state index contributed by atoms with van der Waals surface area (Å²) in [5.41, 5.74) is 1.52. The van der Waals surface area contributed by atoms with Crippen molar-refractivity contribution in [2.75, 3.05) is 13.1 Å². The zero-order valence-corrected chi connectivity index (χ0v) is 13.9. The Balaban J connectivity index is 1.81. The average molecular weight is 341 g/mol. The van der Waals surface area contributed by atoms with E-state index in [-0.39, 0.29) is 24.2 Å². The van der Waals surface area contributed by atoms with Crippen LogP contribution in [0.15, 0.2) is 54.6 Å². The smallest absolute Gasteiger partial charge is 0.308 e. The number of nitrogens with zero attached hydrogens (tertiary/aromatic N) is 1. The second-order valence-electron chi connectivity index (χ2n) is 6.48. The highest BCUT2D eigenvalue weighted by atomic mass is 19.1. The van der Waals surface area contributed by atoms with Crippen LogP contribution in [0.25, 0.3) is 0 Å². The summed E-state index contributed by atoms with van der Waals surface area (Å²) in [7, 11) is 0. The summed E-state index contributed by atoms with van der Waals surface area (Å²) in [6, 6.07) is 15.4. The van der Waals surface area contributed by atoms with Crippen LogP contribution in [0, 0.1) is 11.7 Å². The number of carbonyl (C=O) groups is 2. The Bertz CT molecular complexity index is 778. The molecule has 1 N–H and O–H groups in total.